The summed E-state index contributed by atoms with van der Waals surface area (Å²) in [6.07, 6.45) is 0.0545. The number of nitrogens with one attached hydrogen (secondary N) is 3. The molecular weight excluding hydrogens is 496 g/mol. The minimum atomic E-state index is -0.917. The van der Waals surface area contributed by atoms with Gasteiger partial charge in [0.05, 0.1) is 18.3 Å². The second-order valence-corrected chi connectivity index (χ2v) is 9.73. The van der Waals surface area contributed by atoms with E-state index in [2.05, 4.69) is 10.6 Å². The number of anilines is 2. The highest BCUT2D eigenvalue weighted by atomic mass is 16.5. The predicted octanol–water partition coefficient (Wildman–Crippen LogP) is 4.75. The molecule has 0 atom stereocenters. The number of amidine groups is 1. The lowest BCUT2D eigenvalue weighted by Gasteiger charge is -2.21. The van der Waals surface area contributed by atoms with E-state index in [0.717, 1.165) is 22.3 Å². The van der Waals surface area contributed by atoms with Gasteiger partial charge in [0.2, 0.25) is 0 Å². The van der Waals surface area contributed by atoms with Crippen molar-refractivity contribution in [1.82, 2.24) is 0 Å². The van der Waals surface area contributed by atoms with Crippen molar-refractivity contribution in [3.8, 4) is 5.75 Å². The lowest BCUT2D eigenvalue weighted by Crippen LogP contribution is -2.17. The van der Waals surface area contributed by atoms with Crippen LogP contribution in [0.5, 0.6) is 5.75 Å². The maximum absolute atomic E-state index is 13.3. The van der Waals surface area contributed by atoms with Crippen LogP contribution >= 0.6 is 0 Å². The van der Waals surface area contributed by atoms with Crippen LogP contribution in [0.15, 0.2) is 48.5 Å². The lowest BCUT2D eigenvalue weighted by molar-refractivity contribution is -0.136. The molecule has 0 unspecified atom stereocenters. The number of amides is 1. The molecular formula is C30H36N4O5. The number of aryl methyl sites for hydroxylation is 2. The number of hydrogen-bond acceptors (Lipinski definition) is 6. The molecule has 3 aromatic carbocycles. The topological polar surface area (TPSA) is 158 Å². The molecule has 0 bridgehead atoms. The minimum Gasteiger partial charge on any atom is -0.491 e. The first-order valence-corrected chi connectivity index (χ1v) is 12.7. The monoisotopic (exact) mass is 532 g/mol. The van der Waals surface area contributed by atoms with Gasteiger partial charge in [0, 0.05) is 29.9 Å². The van der Waals surface area contributed by atoms with Crippen molar-refractivity contribution in [2.45, 2.75) is 59.8 Å². The number of nitrogen functional groups attached to an aromatic ring is 1. The second kappa shape index (κ2) is 12.9. The molecule has 0 heterocycles. The van der Waals surface area contributed by atoms with E-state index in [4.69, 9.17) is 15.9 Å². The summed E-state index contributed by atoms with van der Waals surface area (Å²) in [6, 6.07) is 14.0. The first kappa shape index (κ1) is 29.2. The van der Waals surface area contributed by atoms with Gasteiger partial charge in [-0.3, -0.25) is 15.0 Å². The van der Waals surface area contributed by atoms with Crippen LogP contribution in [0.2, 0.25) is 0 Å². The van der Waals surface area contributed by atoms with Crippen molar-refractivity contribution in [1.29, 1.82) is 5.41 Å². The van der Waals surface area contributed by atoms with Crippen LogP contribution in [0.25, 0.3) is 0 Å². The van der Waals surface area contributed by atoms with Gasteiger partial charge in [-0.25, -0.2) is 0 Å². The van der Waals surface area contributed by atoms with Crippen LogP contribution in [0.3, 0.4) is 0 Å². The van der Waals surface area contributed by atoms with E-state index in [-0.39, 0.29) is 43.8 Å². The molecule has 0 aliphatic carbocycles. The zero-order valence-corrected chi connectivity index (χ0v) is 22.7. The number of rotatable bonds is 12. The molecule has 0 aliphatic heterocycles. The van der Waals surface area contributed by atoms with Gasteiger partial charge >= 0.3 is 5.97 Å². The fourth-order valence-corrected chi connectivity index (χ4v) is 4.16. The Kier molecular flexibility index (Phi) is 9.68. The SMILES string of the molecule is Cc1cc(NCc2cc(CO)cc(OC(C)C)c2CCC(=O)O)c(C(=O)Nc2ccc(C(=N)N)cc2)cc1C. The molecule has 0 spiro atoms. The van der Waals surface area contributed by atoms with E-state index in [1.807, 2.05) is 45.9 Å². The van der Waals surface area contributed by atoms with Gasteiger partial charge in [-0.15, -0.1) is 0 Å². The molecule has 1 amide bonds. The average molecular weight is 533 g/mol. The highest BCUT2D eigenvalue weighted by molar-refractivity contribution is 6.08. The number of carboxylic acids is 1. The number of carbonyl (C=O) groups excluding carboxylic acids is 1. The van der Waals surface area contributed by atoms with Gasteiger partial charge in [0.25, 0.3) is 5.91 Å². The fourth-order valence-electron chi connectivity index (χ4n) is 4.16. The normalized spacial score (nSPS) is 10.8. The Labute approximate surface area is 228 Å². The maximum atomic E-state index is 13.3. The highest BCUT2D eigenvalue weighted by Gasteiger charge is 2.18. The number of aliphatic carboxylic acids is 1. The first-order valence-electron chi connectivity index (χ1n) is 12.7. The van der Waals surface area contributed by atoms with E-state index < -0.39 is 5.97 Å². The fraction of sp³-hybridized carbons (Fsp3) is 0.300. The van der Waals surface area contributed by atoms with Crippen LogP contribution in [-0.4, -0.2) is 34.0 Å². The molecule has 0 saturated heterocycles. The van der Waals surface area contributed by atoms with Crippen molar-refractivity contribution >= 4 is 29.1 Å². The third kappa shape index (κ3) is 7.81. The molecule has 0 aromatic heterocycles. The molecule has 39 heavy (non-hydrogen) atoms. The van der Waals surface area contributed by atoms with Crippen LogP contribution in [0.1, 0.15) is 64.0 Å². The van der Waals surface area contributed by atoms with E-state index >= 15 is 0 Å². The molecule has 0 aliphatic rings. The number of carboxylic acid groups (broad SMARTS) is 1. The molecule has 206 valence electrons. The van der Waals surface area contributed by atoms with E-state index in [1.54, 1.807) is 30.3 Å². The molecule has 7 N–H and O–H groups in total. The Bertz CT molecular complexity index is 1370. The van der Waals surface area contributed by atoms with Crippen molar-refractivity contribution in [3.05, 3.63) is 87.5 Å². The van der Waals surface area contributed by atoms with E-state index in [1.165, 1.54) is 0 Å². The number of hydrogen-bond donors (Lipinski definition) is 6. The summed E-state index contributed by atoms with van der Waals surface area (Å²) in [6.45, 7) is 7.76. The molecule has 0 saturated carbocycles. The van der Waals surface area contributed by atoms with E-state index in [9.17, 15) is 19.8 Å². The number of aliphatic hydroxyl groups excluding tert-OH is 1. The summed E-state index contributed by atoms with van der Waals surface area (Å²) < 4.78 is 5.98. The quantitative estimate of drug-likeness (QED) is 0.145. The summed E-state index contributed by atoms with van der Waals surface area (Å²) in [4.78, 5) is 24.7. The number of ether oxygens (including phenoxy) is 1. The van der Waals surface area contributed by atoms with Crippen molar-refractivity contribution in [2.24, 2.45) is 5.73 Å². The molecule has 9 nitrogen and oxygen atoms in total. The summed E-state index contributed by atoms with van der Waals surface area (Å²) >= 11 is 0. The largest absolute Gasteiger partial charge is 0.491 e. The van der Waals surface area contributed by atoms with Gasteiger partial charge in [-0.05, 0) is 104 Å². The zero-order valence-electron chi connectivity index (χ0n) is 22.7. The second-order valence-electron chi connectivity index (χ2n) is 9.73. The van der Waals surface area contributed by atoms with Crippen LogP contribution in [0, 0.1) is 19.3 Å². The summed E-state index contributed by atoms with van der Waals surface area (Å²) in [5.74, 6) is -0.736. The maximum Gasteiger partial charge on any atom is 0.303 e. The molecule has 3 aromatic rings. The third-order valence-corrected chi connectivity index (χ3v) is 6.30. The van der Waals surface area contributed by atoms with E-state index in [0.29, 0.717) is 33.8 Å². The van der Waals surface area contributed by atoms with Gasteiger partial charge in [0.1, 0.15) is 11.6 Å². The molecule has 9 heteroatoms. The number of carbonyl (C=O) groups is 2. The first-order chi connectivity index (χ1) is 18.5. The van der Waals surface area contributed by atoms with Crippen molar-refractivity contribution < 1.29 is 24.5 Å². The van der Waals surface area contributed by atoms with Crippen LogP contribution in [-0.2, 0) is 24.4 Å². The molecule has 0 fully saturated rings. The van der Waals surface area contributed by atoms with Crippen LogP contribution in [0.4, 0.5) is 11.4 Å². The zero-order chi connectivity index (χ0) is 28.7. The van der Waals surface area contributed by atoms with Crippen molar-refractivity contribution in [2.75, 3.05) is 10.6 Å². The minimum absolute atomic E-state index is 0.0523. The Hall–Kier alpha value is -4.37. The number of aliphatic hydroxyl groups is 1. The van der Waals surface area contributed by atoms with Gasteiger partial charge in [-0.2, -0.15) is 0 Å². The van der Waals surface area contributed by atoms with Gasteiger partial charge in [0.15, 0.2) is 0 Å². The molecule has 0 radical (unpaired) electrons. The number of benzene rings is 3. The Morgan fingerprint density at radius 2 is 1.72 bits per heavy atom. The number of nitrogens with two attached hydrogens (primary N) is 1. The Morgan fingerprint density at radius 3 is 2.31 bits per heavy atom. The Balaban J connectivity index is 1.94. The summed E-state index contributed by atoms with van der Waals surface area (Å²) in [5, 5.41) is 32.9. The average Bonchev–Trinajstić information content (AvgIpc) is 2.87. The van der Waals surface area contributed by atoms with Gasteiger partial charge < -0.3 is 31.3 Å². The summed E-state index contributed by atoms with van der Waals surface area (Å²) in [5.41, 5.74) is 11.8. The van der Waals surface area contributed by atoms with Crippen LogP contribution < -0.4 is 21.1 Å². The standard InChI is InChI=1S/C30H36N4O5/c1-17(2)39-27-14-20(16-35)13-22(24(27)9-10-28(36)37)15-33-26-12-19(4)18(3)11-25(26)30(38)34-23-7-5-21(6-8-23)29(31)32/h5-8,11-14,17,33,35H,9-10,15-16H2,1-4H3,(H3,31,32)(H,34,38)(H,36,37). The highest BCUT2D eigenvalue weighted by Crippen LogP contribution is 2.30. The lowest BCUT2D eigenvalue weighted by atomic mass is 9.97. The summed E-state index contributed by atoms with van der Waals surface area (Å²) in [7, 11) is 0. The van der Waals surface area contributed by atoms with Crippen molar-refractivity contribution in [3.63, 3.8) is 0 Å². The third-order valence-electron chi connectivity index (χ3n) is 6.30. The smallest absolute Gasteiger partial charge is 0.303 e. The Morgan fingerprint density at radius 1 is 1.05 bits per heavy atom. The van der Waals surface area contributed by atoms with Gasteiger partial charge in [-0.1, -0.05) is 6.07 Å². The molecule has 3 rings (SSSR count). The predicted molar refractivity (Wildman–Crippen MR) is 153 cm³/mol.